The molecule has 1 N–H and O–H groups in total. The maximum absolute atomic E-state index is 9.07. The van der Waals surface area contributed by atoms with Crippen LogP contribution in [0.2, 0.25) is 0 Å². The molecule has 0 saturated carbocycles. The molecule has 1 unspecified atom stereocenters. The molecule has 2 aromatic rings. The zero-order valence-corrected chi connectivity index (χ0v) is 10.6. The van der Waals surface area contributed by atoms with Crippen molar-refractivity contribution in [1.82, 2.24) is 9.97 Å². The predicted octanol–water partition coefficient (Wildman–Crippen LogP) is 2.43. The van der Waals surface area contributed by atoms with E-state index >= 15 is 0 Å². The van der Waals surface area contributed by atoms with Gasteiger partial charge in [0.1, 0.15) is 6.10 Å². The van der Waals surface area contributed by atoms with E-state index < -0.39 is 0 Å². The molecule has 1 aliphatic carbocycles. The van der Waals surface area contributed by atoms with E-state index in [0.717, 1.165) is 19.3 Å². The second-order valence-electron chi connectivity index (χ2n) is 4.70. The Labute approximate surface area is 112 Å². The fraction of sp³-hybridized carbons (Fsp3) is 0.333. The Balaban J connectivity index is 1.84. The molecule has 0 saturated heterocycles. The van der Waals surface area contributed by atoms with Crippen LogP contribution in [0, 0.1) is 0 Å². The standard InChI is InChI=1S/C15H16N2O2/c18-10-12-8-16-9-15(17-12)19-14-7-3-5-11-4-1-2-6-13(11)14/h1-2,4,6,8-9,14,18H,3,5,7,10H2. The number of aliphatic hydroxyl groups is 1. The largest absolute Gasteiger partial charge is 0.468 e. The molecule has 1 aromatic carbocycles. The Bertz CT molecular complexity index is 572. The van der Waals surface area contributed by atoms with Gasteiger partial charge in [-0.3, -0.25) is 4.98 Å². The van der Waals surface area contributed by atoms with Crippen molar-refractivity contribution in [3.63, 3.8) is 0 Å². The van der Waals surface area contributed by atoms with Gasteiger partial charge in [-0.2, -0.15) is 0 Å². The number of aryl methyl sites for hydroxylation is 1. The first kappa shape index (κ1) is 12.1. The minimum atomic E-state index is -0.120. The van der Waals surface area contributed by atoms with Crippen LogP contribution in [0.15, 0.2) is 36.7 Å². The highest BCUT2D eigenvalue weighted by Gasteiger charge is 2.21. The molecule has 1 aliphatic rings. The van der Waals surface area contributed by atoms with E-state index in [9.17, 15) is 0 Å². The van der Waals surface area contributed by atoms with Crippen LogP contribution in [0.5, 0.6) is 5.88 Å². The number of hydrogen-bond donors (Lipinski definition) is 1. The van der Waals surface area contributed by atoms with E-state index in [1.54, 1.807) is 12.4 Å². The number of benzene rings is 1. The van der Waals surface area contributed by atoms with Gasteiger partial charge in [0.25, 0.3) is 0 Å². The van der Waals surface area contributed by atoms with E-state index in [1.165, 1.54) is 11.1 Å². The van der Waals surface area contributed by atoms with Gasteiger partial charge in [0, 0.05) is 0 Å². The third-order valence-electron chi connectivity index (χ3n) is 3.40. The lowest BCUT2D eigenvalue weighted by molar-refractivity contribution is 0.173. The van der Waals surface area contributed by atoms with Crippen molar-refractivity contribution < 1.29 is 9.84 Å². The Morgan fingerprint density at radius 3 is 3.05 bits per heavy atom. The van der Waals surface area contributed by atoms with Gasteiger partial charge in [0.2, 0.25) is 5.88 Å². The molecule has 0 fully saturated rings. The average Bonchev–Trinajstić information content (AvgIpc) is 2.48. The molecule has 98 valence electrons. The van der Waals surface area contributed by atoms with E-state index in [4.69, 9.17) is 9.84 Å². The van der Waals surface area contributed by atoms with Crippen LogP contribution in [0.3, 0.4) is 0 Å². The van der Waals surface area contributed by atoms with Crippen LogP contribution in [-0.4, -0.2) is 15.1 Å². The highest BCUT2D eigenvalue weighted by atomic mass is 16.5. The summed E-state index contributed by atoms with van der Waals surface area (Å²) in [6.07, 6.45) is 6.39. The summed E-state index contributed by atoms with van der Waals surface area (Å²) < 4.78 is 5.94. The van der Waals surface area contributed by atoms with Gasteiger partial charge in [-0.15, -0.1) is 0 Å². The third-order valence-corrected chi connectivity index (χ3v) is 3.40. The highest BCUT2D eigenvalue weighted by Crippen LogP contribution is 2.32. The molecule has 0 amide bonds. The Kier molecular flexibility index (Phi) is 3.42. The fourth-order valence-electron chi connectivity index (χ4n) is 2.50. The zero-order valence-electron chi connectivity index (χ0n) is 10.6. The SMILES string of the molecule is OCc1cncc(OC2CCCc3ccccc32)n1. The second-order valence-corrected chi connectivity index (χ2v) is 4.70. The van der Waals surface area contributed by atoms with Gasteiger partial charge < -0.3 is 9.84 Å². The monoisotopic (exact) mass is 256 g/mol. The first-order chi connectivity index (χ1) is 9.36. The van der Waals surface area contributed by atoms with Gasteiger partial charge >= 0.3 is 0 Å². The zero-order chi connectivity index (χ0) is 13.1. The number of nitrogens with zero attached hydrogens (tertiary/aromatic N) is 2. The van der Waals surface area contributed by atoms with Crippen LogP contribution in [-0.2, 0) is 13.0 Å². The van der Waals surface area contributed by atoms with Crippen LogP contribution < -0.4 is 4.74 Å². The fourth-order valence-corrected chi connectivity index (χ4v) is 2.50. The number of rotatable bonds is 3. The van der Waals surface area contributed by atoms with E-state index in [-0.39, 0.29) is 12.7 Å². The number of ether oxygens (including phenoxy) is 1. The molecule has 0 aliphatic heterocycles. The van der Waals surface area contributed by atoms with Crippen LogP contribution in [0.4, 0.5) is 0 Å². The number of fused-ring (bicyclic) bond motifs is 1. The molecule has 0 spiro atoms. The maximum Gasteiger partial charge on any atom is 0.233 e. The quantitative estimate of drug-likeness (QED) is 0.916. The van der Waals surface area contributed by atoms with Gasteiger partial charge in [-0.1, -0.05) is 24.3 Å². The van der Waals surface area contributed by atoms with Crippen LogP contribution >= 0.6 is 0 Å². The molecule has 1 heterocycles. The van der Waals surface area contributed by atoms with Gasteiger partial charge in [0.05, 0.1) is 24.7 Å². The predicted molar refractivity (Wildman–Crippen MR) is 70.7 cm³/mol. The Morgan fingerprint density at radius 1 is 1.26 bits per heavy atom. The molecule has 4 heteroatoms. The summed E-state index contributed by atoms with van der Waals surface area (Å²) in [4.78, 5) is 8.25. The number of aromatic nitrogens is 2. The summed E-state index contributed by atoms with van der Waals surface area (Å²) in [5.74, 6) is 0.480. The molecule has 1 aromatic heterocycles. The van der Waals surface area contributed by atoms with E-state index in [2.05, 4.69) is 28.2 Å². The van der Waals surface area contributed by atoms with Gasteiger partial charge in [0.15, 0.2) is 0 Å². The summed E-state index contributed by atoms with van der Waals surface area (Å²) >= 11 is 0. The summed E-state index contributed by atoms with van der Waals surface area (Å²) in [5.41, 5.74) is 3.12. The molecule has 3 rings (SSSR count). The lowest BCUT2D eigenvalue weighted by Crippen LogP contribution is -2.16. The van der Waals surface area contributed by atoms with Crippen molar-refractivity contribution in [1.29, 1.82) is 0 Å². The van der Waals surface area contributed by atoms with Crippen LogP contribution in [0.1, 0.15) is 35.8 Å². The second kappa shape index (κ2) is 5.36. The van der Waals surface area contributed by atoms with E-state index in [1.807, 2.05) is 6.07 Å². The Hall–Kier alpha value is -1.94. The summed E-state index contributed by atoms with van der Waals surface area (Å²) in [5, 5.41) is 9.07. The highest BCUT2D eigenvalue weighted by molar-refractivity contribution is 5.32. The third kappa shape index (κ3) is 2.58. The van der Waals surface area contributed by atoms with Crippen LogP contribution in [0.25, 0.3) is 0 Å². The first-order valence-corrected chi connectivity index (χ1v) is 6.53. The normalized spacial score (nSPS) is 17.8. The molecule has 4 nitrogen and oxygen atoms in total. The first-order valence-electron chi connectivity index (χ1n) is 6.53. The minimum Gasteiger partial charge on any atom is -0.468 e. The van der Waals surface area contributed by atoms with Crippen molar-refractivity contribution >= 4 is 0 Å². The number of aliphatic hydroxyl groups excluding tert-OH is 1. The number of hydrogen-bond acceptors (Lipinski definition) is 4. The van der Waals surface area contributed by atoms with Crippen molar-refractivity contribution in [2.75, 3.05) is 0 Å². The maximum atomic E-state index is 9.07. The van der Waals surface area contributed by atoms with Crippen molar-refractivity contribution in [3.05, 3.63) is 53.5 Å². The molecule has 0 radical (unpaired) electrons. The van der Waals surface area contributed by atoms with Crippen molar-refractivity contribution in [3.8, 4) is 5.88 Å². The van der Waals surface area contributed by atoms with E-state index in [0.29, 0.717) is 11.6 Å². The lowest BCUT2D eigenvalue weighted by atomic mass is 9.89. The van der Waals surface area contributed by atoms with Gasteiger partial charge in [-0.25, -0.2) is 4.98 Å². The topological polar surface area (TPSA) is 55.2 Å². The lowest BCUT2D eigenvalue weighted by Gasteiger charge is -2.25. The molecule has 19 heavy (non-hydrogen) atoms. The van der Waals surface area contributed by atoms with Gasteiger partial charge in [-0.05, 0) is 30.4 Å². The summed E-state index contributed by atoms with van der Waals surface area (Å²) in [7, 11) is 0. The molecular weight excluding hydrogens is 240 g/mol. The Morgan fingerprint density at radius 2 is 2.16 bits per heavy atom. The average molecular weight is 256 g/mol. The van der Waals surface area contributed by atoms with Crippen molar-refractivity contribution in [2.45, 2.75) is 32.0 Å². The van der Waals surface area contributed by atoms with Crippen molar-refractivity contribution in [2.24, 2.45) is 0 Å². The smallest absolute Gasteiger partial charge is 0.233 e. The summed E-state index contributed by atoms with van der Waals surface area (Å²) in [6.45, 7) is -0.120. The molecule has 0 bridgehead atoms. The summed E-state index contributed by atoms with van der Waals surface area (Å²) in [6, 6.07) is 8.37. The minimum absolute atomic E-state index is 0.0354. The molecular formula is C15H16N2O2. The molecule has 1 atom stereocenters.